The number of hydrogen-bond donors (Lipinski definition) is 1. The van der Waals surface area contributed by atoms with Crippen molar-refractivity contribution < 1.29 is 4.74 Å². The molecule has 4 heteroatoms. The topological polar surface area (TPSA) is 38.5 Å². The van der Waals surface area contributed by atoms with Crippen molar-refractivity contribution in [2.24, 2.45) is 11.1 Å². The van der Waals surface area contributed by atoms with Crippen LogP contribution in [0.25, 0.3) is 0 Å². The Balaban J connectivity index is 2.26. The summed E-state index contributed by atoms with van der Waals surface area (Å²) < 4.78 is 5.71. The highest BCUT2D eigenvalue weighted by atomic mass is 32.1. The summed E-state index contributed by atoms with van der Waals surface area (Å²) in [6, 6.07) is 7.60. The molecule has 0 bridgehead atoms. The van der Waals surface area contributed by atoms with Crippen LogP contribution in [0.3, 0.4) is 0 Å². The van der Waals surface area contributed by atoms with E-state index in [2.05, 4.69) is 32.7 Å². The van der Waals surface area contributed by atoms with Gasteiger partial charge in [0.15, 0.2) is 0 Å². The highest BCUT2D eigenvalue weighted by molar-refractivity contribution is 7.80. The van der Waals surface area contributed by atoms with Crippen LogP contribution in [0.1, 0.15) is 32.8 Å². The zero-order valence-electron chi connectivity index (χ0n) is 13.0. The number of nitrogens with two attached hydrogens (primary N) is 1. The van der Waals surface area contributed by atoms with E-state index in [1.54, 1.807) is 0 Å². The lowest BCUT2D eigenvalue weighted by Gasteiger charge is -2.26. The first kappa shape index (κ1) is 16.9. The van der Waals surface area contributed by atoms with Gasteiger partial charge < -0.3 is 15.4 Å². The predicted molar refractivity (Wildman–Crippen MR) is 89.4 cm³/mol. The molecule has 0 unspecified atom stereocenters. The summed E-state index contributed by atoms with van der Waals surface area (Å²) in [6.45, 7) is 9.62. The lowest BCUT2D eigenvalue weighted by Crippen LogP contribution is -2.30. The van der Waals surface area contributed by atoms with E-state index in [0.717, 1.165) is 37.4 Å². The van der Waals surface area contributed by atoms with Crippen molar-refractivity contribution in [1.82, 2.24) is 4.90 Å². The van der Waals surface area contributed by atoms with Gasteiger partial charge in [0, 0.05) is 18.7 Å². The molecule has 0 heterocycles. The molecule has 0 amide bonds. The lowest BCUT2D eigenvalue weighted by atomic mass is 9.96. The normalized spacial score (nSPS) is 11.7. The Labute approximate surface area is 128 Å². The predicted octanol–water partition coefficient (Wildman–Crippen LogP) is 3.07. The minimum absolute atomic E-state index is 0.339. The fourth-order valence-electron chi connectivity index (χ4n) is 2.13. The monoisotopic (exact) mass is 294 g/mol. The molecule has 2 N–H and O–H groups in total. The summed E-state index contributed by atoms with van der Waals surface area (Å²) in [6.07, 6.45) is 1.02. The largest absolute Gasteiger partial charge is 0.494 e. The number of ether oxygens (including phenoxy) is 1. The Hall–Kier alpha value is -1.13. The quantitative estimate of drug-likeness (QED) is 0.619. The van der Waals surface area contributed by atoms with Crippen LogP contribution in [-0.4, -0.2) is 36.6 Å². The molecule has 0 aliphatic carbocycles. The Kier molecular flexibility index (Phi) is 6.43. The van der Waals surface area contributed by atoms with Gasteiger partial charge in [0.05, 0.1) is 6.61 Å². The average molecular weight is 294 g/mol. The smallest absolute Gasteiger partial charge is 0.119 e. The Bertz CT molecular complexity index is 423. The minimum Gasteiger partial charge on any atom is -0.494 e. The zero-order valence-corrected chi connectivity index (χ0v) is 13.8. The summed E-state index contributed by atoms with van der Waals surface area (Å²) >= 11 is 4.91. The first-order valence-electron chi connectivity index (χ1n) is 6.99. The van der Waals surface area contributed by atoms with Crippen molar-refractivity contribution in [3.05, 3.63) is 29.8 Å². The summed E-state index contributed by atoms with van der Waals surface area (Å²) in [4.78, 5) is 2.76. The number of benzene rings is 1. The highest BCUT2D eigenvalue weighted by Crippen LogP contribution is 2.15. The second-order valence-corrected chi connectivity index (χ2v) is 6.83. The molecule has 3 nitrogen and oxygen atoms in total. The van der Waals surface area contributed by atoms with Crippen molar-refractivity contribution in [3.8, 4) is 5.75 Å². The highest BCUT2D eigenvalue weighted by Gasteiger charge is 2.12. The number of nitrogens with zero attached hydrogens (tertiary/aromatic N) is 1. The fraction of sp³-hybridized carbons (Fsp3) is 0.562. The first-order chi connectivity index (χ1) is 9.28. The first-order valence-corrected chi connectivity index (χ1v) is 7.40. The van der Waals surface area contributed by atoms with Crippen LogP contribution >= 0.6 is 12.2 Å². The third kappa shape index (κ3) is 6.87. The number of thiocarbonyl (C=S) groups is 1. The molecule has 0 aliphatic heterocycles. The van der Waals surface area contributed by atoms with Crippen molar-refractivity contribution in [2.45, 2.75) is 27.2 Å². The molecule has 0 radical (unpaired) electrons. The van der Waals surface area contributed by atoms with Crippen molar-refractivity contribution >= 4 is 17.2 Å². The van der Waals surface area contributed by atoms with Gasteiger partial charge in [-0.15, -0.1) is 0 Å². The summed E-state index contributed by atoms with van der Waals surface area (Å²) in [5, 5.41) is 0. The summed E-state index contributed by atoms with van der Waals surface area (Å²) in [5.41, 5.74) is 6.77. The second-order valence-electron chi connectivity index (χ2n) is 6.39. The molecular weight excluding hydrogens is 268 g/mol. The lowest BCUT2D eigenvalue weighted by molar-refractivity contribution is 0.207. The molecule has 0 atom stereocenters. The van der Waals surface area contributed by atoms with E-state index < -0.39 is 0 Å². The Morgan fingerprint density at radius 3 is 2.35 bits per heavy atom. The maximum absolute atomic E-state index is 5.71. The Morgan fingerprint density at radius 2 is 1.85 bits per heavy atom. The van der Waals surface area contributed by atoms with E-state index in [1.165, 1.54) is 0 Å². The zero-order chi connectivity index (χ0) is 15.2. The van der Waals surface area contributed by atoms with Gasteiger partial charge in [-0.1, -0.05) is 33.0 Å². The van der Waals surface area contributed by atoms with Crippen LogP contribution in [0.5, 0.6) is 5.75 Å². The molecule has 0 saturated heterocycles. The van der Waals surface area contributed by atoms with Crippen LogP contribution in [0, 0.1) is 5.41 Å². The van der Waals surface area contributed by atoms with Crippen molar-refractivity contribution in [2.75, 3.05) is 26.7 Å². The van der Waals surface area contributed by atoms with Gasteiger partial charge in [0.1, 0.15) is 10.7 Å². The molecule has 1 aromatic carbocycles. The summed E-state index contributed by atoms with van der Waals surface area (Å²) in [7, 11) is 2.15. The van der Waals surface area contributed by atoms with Crippen molar-refractivity contribution in [3.63, 3.8) is 0 Å². The SMILES string of the molecule is CN(CCCOc1ccc(C(N)=S)cc1)CC(C)(C)C. The summed E-state index contributed by atoms with van der Waals surface area (Å²) in [5.74, 6) is 0.864. The average Bonchev–Trinajstić information content (AvgIpc) is 2.33. The molecular formula is C16H26N2OS. The van der Waals surface area contributed by atoms with E-state index >= 15 is 0 Å². The van der Waals surface area contributed by atoms with Crippen LogP contribution in [-0.2, 0) is 0 Å². The molecule has 20 heavy (non-hydrogen) atoms. The number of rotatable bonds is 7. The van der Waals surface area contributed by atoms with Crippen LogP contribution in [0.2, 0.25) is 0 Å². The standard InChI is InChI=1S/C16H26N2OS/c1-16(2,3)12-18(4)10-5-11-19-14-8-6-13(7-9-14)15(17)20/h6-9H,5,10-12H2,1-4H3,(H2,17,20). The van der Waals surface area contributed by atoms with Gasteiger partial charge in [0.2, 0.25) is 0 Å². The molecule has 1 aromatic rings. The van der Waals surface area contributed by atoms with E-state index in [0.29, 0.717) is 10.4 Å². The molecule has 0 aromatic heterocycles. The second kappa shape index (κ2) is 7.60. The molecule has 0 fully saturated rings. The van der Waals surface area contributed by atoms with Gasteiger partial charge >= 0.3 is 0 Å². The molecule has 0 aliphatic rings. The molecule has 0 saturated carbocycles. The number of hydrogen-bond acceptors (Lipinski definition) is 3. The van der Waals surface area contributed by atoms with E-state index in [4.69, 9.17) is 22.7 Å². The van der Waals surface area contributed by atoms with Crippen LogP contribution < -0.4 is 10.5 Å². The van der Waals surface area contributed by atoms with E-state index in [-0.39, 0.29) is 0 Å². The van der Waals surface area contributed by atoms with Crippen LogP contribution in [0.4, 0.5) is 0 Å². The van der Waals surface area contributed by atoms with E-state index in [9.17, 15) is 0 Å². The molecule has 1 rings (SSSR count). The van der Waals surface area contributed by atoms with Gasteiger partial charge in [-0.2, -0.15) is 0 Å². The third-order valence-electron chi connectivity index (χ3n) is 2.84. The maximum atomic E-state index is 5.71. The Morgan fingerprint density at radius 1 is 1.25 bits per heavy atom. The minimum atomic E-state index is 0.339. The van der Waals surface area contributed by atoms with Gasteiger partial charge in [0.25, 0.3) is 0 Å². The third-order valence-corrected chi connectivity index (χ3v) is 3.07. The van der Waals surface area contributed by atoms with E-state index in [1.807, 2.05) is 24.3 Å². The molecule has 112 valence electrons. The van der Waals surface area contributed by atoms with Gasteiger partial charge in [-0.05, 0) is 43.1 Å². The van der Waals surface area contributed by atoms with Gasteiger partial charge in [-0.25, -0.2) is 0 Å². The van der Waals surface area contributed by atoms with Crippen molar-refractivity contribution in [1.29, 1.82) is 0 Å². The van der Waals surface area contributed by atoms with Gasteiger partial charge in [-0.3, -0.25) is 0 Å². The van der Waals surface area contributed by atoms with Crippen LogP contribution in [0.15, 0.2) is 24.3 Å². The molecule has 0 spiro atoms. The maximum Gasteiger partial charge on any atom is 0.119 e. The fourth-order valence-corrected chi connectivity index (χ4v) is 2.26.